The maximum atomic E-state index is 12.8. The second-order valence-corrected chi connectivity index (χ2v) is 8.65. The zero-order chi connectivity index (χ0) is 21.7. The topological polar surface area (TPSA) is 106 Å². The van der Waals surface area contributed by atoms with Crippen LogP contribution in [0, 0.1) is 13.8 Å². The van der Waals surface area contributed by atoms with Crippen molar-refractivity contribution in [3.8, 4) is 0 Å². The number of rotatable bonds is 8. The Hall–Kier alpha value is -3.20. The Morgan fingerprint density at radius 1 is 1.13 bits per heavy atom. The van der Waals surface area contributed by atoms with Crippen molar-refractivity contribution in [3.05, 3.63) is 71.3 Å². The van der Waals surface area contributed by atoms with Crippen molar-refractivity contribution < 1.29 is 13.2 Å². The second-order valence-electron chi connectivity index (χ2n) is 6.99. The minimum Gasteiger partial charge on any atom is -0.352 e. The fourth-order valence-corrected chi connectivity index (χ4v) is 4.44. The Kier molecular flexibility index (Phi) is 6.51. The Bertz CT molecular complexity index is 1150. The Morgan fingerprint density at radius 3 is 2.70 bits per heavy atom. The molecule has 0 fully saturated rings. The number of amides is 1. The van der Waals surface area contributed by atoms with Crippen LogP contribution in [0.5, 0.6) is 0 Å². The van der Waals surface area contributed by atoms with Gasteiger partial charge >= 0.3 is 0 Å². The van der Waals surface area contributed by atoms with E-state index in [1.54, 1.807) is 43.6 Å². The summed E-state index contributed by atoms with van der Waals surface area (Å²) in [6.07, 6.45) is 2.21. The van der Waals surface area contributed by atoms with Crippen LogP contribution in [0.2, 0.25) is 0 Å². The van der Waals surface area contributed by atoms with Gasteiger partial charge in [-0.3, -0.25) is 9.52 Å². The van der Waals surface area contributed by atoms with Crippen molar-refractivity contribution in [2.45, 2.75) is 38.6 Å². The van der Waals surface area contributed by atoms with Crippen molar-refractivity contribution in [1.29, 1.82) is 0 Å². The molecule has 3 rings (SSSR count). The van der Waals surface area contributed by atoms with E-state index in [0.717, 1.165) is 17.9 Å². The number of nitrogens with one attached hydrogen (secondary N) is 2. The molecule has 0 atom stereocenters. The zero-order valence-corrected chi connectivity index (χ0v) is 18.0. The van der Waals surface area contributed by atoms with Crippen LogP contribution in [0.3, 0.4) is 0 Å². The smallest absolute Gasteiger partial charge is 0.262 e. The van der Waals surface area contributed by atoms with E-state index < -0.39 is 10.0 Å². The third kappa shape index (κ3) is 5.04. The molecule has 1 amide bonds. The zero-order valence-electron chi connectivity index (χ0n) is 17.2. The fraction of sp³-hybridized carbons (Fsp3) is 0.286. The van der Waals surface area contributed by atoms with Gasteiger partial charge in [-0.2, -0.15) is 0 Å². The third-order valence-electron chi connectivity index (χ3n) is 4.68. The van der Waals surface area contributed by atoms with Gasteiger partial charge in [-0.25, -0.2) is 8.42 Å². The molecule has 0 spiro atoms. The highest BCUT2D eigenvalue weighted by Crippen LogP contribution is 2.21. The summed E-state index contributed by atoms with van der Waals surface area (Å²) in [7, 11) is -3.76. The Labute approximate surface area is 176 Å². The van der Waals surface area contributed by atoms with Crippen LogP contribution in [0.15, 0.2) is 53.7 Å². The predicted molar refractivity (Wildman–Crippen MR) is 115 cm³/mol. The van der Waals surface area contributed by atoms with Crippen molar-refractivity contribution in [1.82, 2.24) is 20.1 Å². The molecule has 0 aliphatic carbocycles. The van der Waals surface area contributed by atoms with E-state index in [1.807, 2.05) is 24.5 Å². The average Bonchev–Trinajstić information content (AvgIpc) is 3.17. The predicted octanol–water partition coefficient (Wildman–Crippen LogP) is 2.69. The molecule has 1 aromatic heterocycles. The van der Waals surface area contributed by atoms with Gasteiger partial charge in [0.1, 0.15) is 12.2 Å². The number of aromatic nitrogens is 3. The summed E-state index contributed by atoms with van der Waals surface area (Å²) < 4.78 is 30.1. The minimum atomic E-state index is -3.76. The first-order valence-electron chi connectivity index (χ1n) is 9.65. The van der Waals surface area contributed by atoms with E-state index in [9.17, 15) is 13.2 Å². The molecule has 158 valence electrons. The van der Waals surface area contributed by atoms with Crippen LogP contribution in [0.25, 0.3) is 0 Å². The lowest BCUT2D eigenvalue weighted by molar-refractivity contribution is 0.0954. The molecule has 2 N–H and O–H groups in total. The Balaban J connectivity index is 1.68. The molecule has 0 saturated carbocycles. The molecule has 2 aromatic carbocycles. The summed E-state index contributed by atoms with van der Waals surface area (Å²) >= 11 is 0. The molecule has 0 radical (unpaired) electrons. The number of hydrogen-bond acceptors (Lipinski definition) is 5. The van der Waals surface area contributed by atoms with Crippen molar-refractivity contribution in [2.24, 2.45) is 0 Å². The van der Waals surface area contributed by atoms with E-state index in [-0.39, 0.29) is 10.8 Å². The van der Waals surface area contributed by atoms with Crippen LogP contribution in [0.4, 0.5) is 5.69 Å². The van der Waals surface area contributed by atoms with E-state index in [4.69, 9.17) is 0 Å². The molecule has 3 aromatic rings. The van der Waals surface area contributed by atoms with Gasteiger partial charge in [0.25, 0.3) is 15.9 Å². The molecule has 0 saturated heterocycles. The maximum Gasteiger partial charge on any atom is 0.262 e. The number of nitrogens with zero attached hydrogens (tertiary/aromatic N) is 3. The van der Waals surface area contributed by atoms with E-state index in [1.165, 1.54) is 6.07 Å². The highest BCUT2D eigenvalue weighted by molar-refractivity contribution is 7.92. The van der Waals surface area contributed by atoms with Gasteiger partial charge in [-0.15, -0.1) is 10.2 Å². The van der Waals surface area contributed by atoms with Crippen LogP contribution in [-0.2, 0) is 23.0 Å². The number of sulfonamides is 1. The quantitative estimate of drug-likeness (QED) is 0.575. The van der Waals surface area contributed by atoms with Gasteiger partial charge in [0.15, 0.2) is 0 Å². The molecule has 30 heavy (non-hydrogen) atoms. The monoisotopic (exact) mass is 427 g/mol. The van der Waals surface area contributed by atoms with Crippen LogP contribution < -0.4 is 10.0 Å². The van der Waals surface area contributed by atoms with Crippen LogP contribution in [0.1, 0.15) is 34.2 Å². The number of carbonyl (C=O) groups is 1. The molecular weight excluding hydrogens is 402 g/mol. The third-order valence-corrected chi connectivity index (χ3v) is 6.20. The first-order valence-corrected chi connectivity index (χ1v) is 11.1. The summed E-state index contributed by atoms with van der Waals surface area (Å²) in [5.41, 5.74) is 2.21. The van der Waals surface area contributed by atoms with Crippen molar-refractivity contribution in [2.75, 3.05) is 11.3 Å². The first-order chi connectivity index (χ1) is 14.3. The van der Waals surface area contributed by atoms with Gasteiger partial charge in [0, 0.05) is 30.8 Å². The summed E-state index contributed by atoms with van der Waals surface area (Å²) in [6, 6.07) is 11.7. The number of aryl methyl sites for hydroxylation is 3. The lowest BCUT2D eigenvalue weighted by Gasteiger charge is -2.12. The summed E-state index contributed by atoms with van der Waals surface area (Å²) in [5, 5.41) is 10.7. The van der Waals surface area contributed by atoms with Gasteiger partial charge in [-0.05, 0) is 56.2 Å². The van der Waals surface area contributed by atoms with E-state index >= 15 is 0 Å². The molecule has 9 heteroatoms. The number of carbonyl (C=O) groups excluding carboxylic acids is 1. The van der Waals surface area contributed by atoms with Gasteiger partial charge in [0.05, 0.1) is 4.90 Å². The number of anilines is 1. The summed E-state index contributed by atoms with van der Waals surface area (Å²) in [5.74, 6) is 0.512. The Morgan fingerprint density at radius 2 is 1.93 bits per heavy atom. The van der Waals surface area contributed by atoms with Crippen LogP contribution >= 0.6 is 0 Å². The highest BCUT2D eigenvalue weighted by Gasteiger charge is 2.18. The average molecular weight is 428 g/mol. The lowest BCUT2D eigenvalue weighted by atomic mass is 10.2. The SMILES string of the molecule is CCn1cnnc1CCNC(=O)c1cccc(NS(=O)(=O)c2cc(C)ccc2C)c1. The highest BCUT2D eigenvalue weighted by atomic mass is 32.2. The summed E-state index contributed by atoms with van der Waals surface area (Å²) in [6.45, 7) is 6.74. The standard InChI is InChI=1S/C21H25N5O3S/c1-4-26-14-23-24-20(26)10-11-22-21(27)17-6-5-7-18(13-17)25-30(28,29)19-12-15(2)8-9-16(19)3/h5-9,12-14,25H,4,10-11H2,1-3H3,(H,22,27). The molecule has 0 aliphatic rings. The minimum absolute atomic E-state index is 0.220. The normalized spacial score (nSPS) is 11.3. The fourth-order valence-electron chi connectivity index (χ4n) is 3.06. The van der Waals surface area contributed by atoms with E-state index in [2.05, 4.69) is 20.2 Å². The van der Waals surface area contributed by atoms with Gasteiger partial charge in [-0.1, -0.05) is 18.2 Å². The van der Waals surface area contributed by atoms with Crippen molar-refractivity contribution in [3.63, 3.8) is 0 Å². The maximum absolute atomic E-state index is 12.8. The molecule has 1 heterocycles. The molecule has 8 nitrogen and oxygen atoms in total. The number of benzene rings is 2. The summed E-state index contributed by atoms with van der Waals surface area (Å²) in [4.78, 5) is 12.7. The first kappa shape index (κ1) is 21.5. The van der Waals surface area contributed by atoms with Gasteiger partial charge < -0.3 is 9.88 Å². The van der Waals surface area contributed by atoms with Gasteiger partial charge in [0.2, 0.25) is 0 Å². The van der Waals surface area contributed by atoms with Crippen LogP contribution in [-0.4, -0.2) is 35.6 Å². The van der Waals surface area contributed by atoms with Crippen molar-refractivity contribution >= 4 is 21.6 Å². The second kappa shape index (κ2) is 9.08. The number of hydrogen-bond donors (Lipinski definition) is 2. The van der Waals surface area contributed by atoms with E-state index in [0.29, 0.717) is 29.8 Å². The molecule has 0 unspecified atom stereocenters. The largest absolute Gasteiger partial charge is 0.352 e. The molecule has 0 bridgehead atoms. The molecular formula is C21H25N5O3S. The molecule has 0 aliphatic heterocycles. The lowest BCUT2D eigenvalue weighted by Crippen LogP contribution is -2.26.